The Bertz CT molecular complexity index is 514. The predicted octanol–water partition coefficient (Wildman–Crippen LogP) is -0.276. The number of carbonyl (C=O) groups is 2. The van der Waals surface area contributed by atoms with Gasteiger partial charge in [0.2, 0.25) is 0 Å². The molecule has 1 unspecified atom stereocenters. The number of carboxylic acid groups (broad SMARTS) is 1. The van der Waals surface area contributed by atoms with Gasteiger partial charge < -0.3 is 20.1 Å². The highest BCUT2D eigenvalue weighted by molar-refractivity contribution is 5.77. The summed E-state index contributed by atoms with van der Waals surface area (Å²) in [7, 11) is 1.82. The molecule has 8 heteroatoms. The van der Waals surface area contributed by atoms with E-state index in [-0.39, 0.29) is 19.2 Å². The smallest absolute Gasteiger partial charge is 0.334 e. The van der Waals surface area contributed by atoms with Crippen LogP contribution in [0.1, 0.15) is 11.3 Å². The molecule has 1 aliphatic rings. The van der Waals surface area contributed by atoms with Crippen molar-refractivity contribution >= 4 is 12.0 Å². The van der Waals surface area contributed by atoms with E-state index < -0.39 is 12.1 Å². The van der Waals surface area contributed by atoms with Crippen LogP contribution in [0.15, 0.2) is 6.20 Å². The van der Waals surface area contributed by atoms with E-state index >= 15 is 0 Å². The molecule has 8 nitrogen and oxygen atoms in total. The number of morpholine rings is 1. The third-order valence-electron chi connectivity index (χ3n) is 3.17. The minimum atomic E-state index is -1.05. The van der Waals surface area contributed by atoms with Crippen molar-refractivity contribution in [3.8, 4) is 0 Å². The number of urea groups is 1. The molecule has 0 bridgehead atoms. The van der Waals surface area contributed by atoms with E-state index in [4.69, 9.17) is 9.84 Å². The molecule has 0 aliphatic carbocycles. The van der Waals surface area contributed by atoms with Gasteiger partial charge in [-0.2, -0.15) is 5.10 Å². The molecule has 2 amide bonds. The largest absolute Gasteiger partial charge is 0.479 e. The molecule has 0 spiro atoms. The molecule has 1 aromatic heterocycles. The second-order valence-electron chi connectivity index (χ2n) is 4.72. The van der Waals surface area contributed by atoms with Crippen molar-refractivity contribution in [3.63, 3.8) is 0 Å². The average molecular weight is 282 g/mol. The molecule has 2 N–H and O–H groups in total. The van der Waals surface area contributed by atoms with Gasteiger partial charge in [0.25, 0.3) is 0 Å². The summed E-state index contributed by atoms with van der Waals surface area (Å²) in [5, 5.41) is 15.8. The van der Waals surface area contributed by atoms with Gasteiger partial charge in [-0.15, -0.1) is 0 Å². The Morgan fingerprint density at radius 3 is 2.95 bits per heavy atom. The summed E-state index contributed by atoms with van der Waals surface area (Å²) in [5.41, 5.74) is 1.79. The highest BCUT2D eigenvalue weighted by Crippen LogP contribution is 2.07. The van der Waals surface area contributed by atoms with E-state index in [1.807, 2.05) is 20.2 Å². The van der Waals surface area contributed by atoms with Crippen molar-refractivity contribution in [2.75, 3.05) is 19.7 Å². The molecule has 0 aromatic carbocycles. The fourth-order valence-electron chi connectivity index (χ4n) is 2.09. The third kappa shape index (κ3) is 3.27. The summed E-state index contributed by atoms with van der Waals surface area (Å²) in [6.45, 7) is 2.93. The number of nitrogens with one attached hydrogen (secondary N) is 1. The van der Waals surface area contributed by atoms with Gasteiger partial charge in [-0.25, -0.2) is 9.59 Å². The molecule has 1 fully saturated rings. The zero-order valence-electron chi connectivity index (χ0n) is 11.5. The molecular formula is C12H18N4O4. The fourth-order valence-corrected chi connectivity index (χ4v) is 2.09. The van der Waals surface area contributed by atoms with Gasteiger partial charge in [-0.05, 0) is 6.92 Å². The Morgan fingerprint density at radius 2 is 2.35 bits per heavy atom. The van der Waals surface area contributed by atoms with Gasteiger partial charge >= 0.3 is 12.0 Å². The van der Waals surface area contributed by atoms with Gasteiger partial charge in [0, 0.05) is 31.9 Å². The summed E-state index contributed by atoms with van der Waals surface area (Å²) in [6, 6.07) is -0.289. The normalized spacial score (nSPS) is 18.9. The third-order valence-corrected chi connectivity index (χ3v) is 3.17. The average Bonchev–Trinajstić information content (AvgIpc) is 2.74. The monoisotopic (exact) mass is 282 g/mol. The molecule has 1 aliphatic heterocycles. The second kappa shape index (κ2) is 5.91. The Hall–Kier alpha value is -2.09. The number of hydrogen-bond acceptors (Lipinski definition) is 4. The highest BCUT2D eigenvalue weighted by atomic mass is 16.5. The Labute approximate surface area is 116 Å². The van der Waals surface area contributed by atoms with Crippen LogP contribution in [-0.4, -0.2) is 57.6 Å². The van der Waals surface area contributed by atoms with Crippen LogP contribution >= 0.6 is 0 Å². The van der Waals surface area contributed by atoms with Crippen molar-refractivity contribution in [1.29, 1.82) is 0 Å². The Kier molecular flexibility index (Phi) is 4.23. The molecule has 0 radical (unpaired) electrons. The molecule has 2 rings (SSSR count). The number of amides is 2. The van der Waals surface area contributed by atoms with Crippen molar-refractivity contribution in [2.45, 2.75) is 19.6 Å². The first kappa shape index (κ1) is 14.3. The van der Waals surface area contributed by atoms with Gasteiger partial charge in [-0.1, -0.05) is 0 Å². The summed E-state index contributed by atoms with van der Waals surface area (Å²) < 4.78 is 6.76. The second-order valence-corrected chi connectivity index (χ2v) is 4.72. The maximum absolute atomic E-state index is 12.0. The van der Waals surface area contributed by atoms with E-state index in [9.17, 15) is 9.59 Å². The van der Waals surface area contributed by atoms with Crippen LogP contribution in [0.25, 0.3) is 0 Å². The molecule has 0 saturated carbocycles. The number of rotatable bonds is 3. The van der Waals surface area contributed by atoms with Crippen molar-refractivity contribution in [2.24, 2.45) is 7.05 Å². The van der Waals surface area contributed by atoms with Crippen LogP contribution < -0.4 is 5.32 Å². The van der Waals surface area contributed by atoms with Crippen LogP contribution in [0.3, 0.4) is 0 Å². The SMILES string of the molecule is Cc1nn(C)cc1CNC(=O)N1CCOC(C(=O)O)C1. The Balaban J connectivity index is 1.88. The van der Waals surface area contributed by atoms with Gasteiger partial charge in [-0.3, -0.25) is 4.68 Å². The van der Waals surface area contributed by atoms with Gasteiger partial charge in [0.1, 0.15) is 0 Å². The number of aliphatic carboxylic acids is 1. The van der Waals surface area contributed by atoms with Crippen molar-refractivity contribution in [1.82, 2.24) is 20.0 Å². The summed E-state index contributed by atoms with van der Waals surface area (Å²) in [5.74, 6) is -1.05. The molecule has 1 atom stereocenters. The zero-order chi connectivity index (χ0) is 14.7. The number of aryl methyl sites for hydroxylation is 2. The molecule has 20 heavy (non-hydrogen) atoms. The summed E-state index contributed by atoms with van der Waals surface area (Å²) >= 11 is 0. The van der Waals surface area contributed by atoms with E-state index in [0.717, 1.165) is 11.3 Å². The fraction of sp³-hybridized carbons (Fsp3) is 0.583. The minimum Gasteiger partial charge on any atom is -0.479 e. The lowest BCUT2D eigenvalue weighted by Crippen LogP contribution is -2.51. The van der Waals surface area contributed by atoms with Gasteiger partial charge in [0.15, 0.2) is 6.10 Å². The lowest BCUT2D eigenvalue weighted by Gasteiger charge is -2.30. The maximum Gasteiger partial charge on any atom is 0.334 e. The van der Waals surface area contributed by atoms with Crippen LogP contribution in [-0.2, 0) is 23.1 Å². The maximum atomic E-state index is 12.0. The van der Waals surface area contributed by atoms with Crippen LogP contribution in [0, 0.1) is 6.92 Å². The molecule has 110 valence electrons. The molecule has 1 saturated heterocycles. The van der Waals surface area contributed by atoms with Crippen LogP contribution in [0.5, 0.6) is 0 Å². The standard InChI is InChI=1S/C12H18N4O4/c1-8-9(6-15(2)14-8)5-13-12(19)16-3-4-20-10(7-16)11(17)18/h6,10H,3-5,7H2,1-2H3,(H,13,19)(H,17,18). The predicted molar refractivity (Wildman–Crippen MR) is 69.1 cm³/mol. The lowest BCUT2D eigenvalue weighted by atomic mass is 10.2. The number of nitrogens with zero attached hydrogens (tertiary/aromatic N) is 3. The first-order valence-corrected chi connectivity index (χ1v) is 6.33. The molecule has 1 aromatic rings. The number of aromatic nitrogens is 2. The number of ether oxygens (including phenoxy) is 1. The summed E-state index contributed by atoms with van der Waals surface area (Å²) in [6.07, 6.45) is 0.893. The molecule has 2 heterocycles. The lowest BCUT2D eigenvalue weighted by molar-refractivity contribution is -0.154. The van der Waals surface area contributed by atoms with E-state index in [2.05, 4.69) is 10.4 Å². The quantitative estimate of drug-likeness (QED) is 0.795. The highest BCUT2D eigenvalue weighted by Gasteiger charge is 2.28. The number of carboxylic acids is 1. The van der Waals surface area contributed by atoms with E-state index in [1.54, 1.807) is 4.68 Å². The van der Waals surface area contributed by atoms with Crippen LogP contribution in [0.4, 0.5) is 4.79 Å². The topological polar surface area (TPSA) is 96.7 Å². The van der Waals surface area contributed by atoms with Crippen molar-refractivity contribution in [3.05, 3.63) is 17.5 Å². The number of carbonyl (C=O) groups excluding carboxylic acids is 1. The van der Waals surface area contributed by atoms with Gasteiger partial charge in [0.05, 0.1) is 18.8 Å². The van der Waals surface area contributed by atoms with Crippen LogP contribution in [0.2, 0.25) is 0 Å². The van der Waals surface area contributed by atoms with Crippen molar-refractivity contribution < 1.29 is 19.4 Å². The Morgan fingerprint density at radius 1 is 1.60 bits per heavy atom. The van der Waals surface area contributed by atoms with E-state index in [1.165, 1.54) is 4.90 Å². The minimum absolute atomic E-state index is 0.0627. The number of hydrogen-bond donors (Lipinski definition) is 2. The first-order valence-electron chi connectivity index (χ1n) is 6.33. The first-order chi connectivity index (χ1) is 9.47. The summed E-state index contributed by atoms with van der Waals surface area (Å²) in [4.78, 5) is 24.3. The molecular weight excluding hydrogens is 264 g/mol. The van der Waals surface area contributed by atoms with E-state index in [0.29, 0.717) is 13.1 Å². The zero-order valence-corrected chi connectivity index (χ0v) is 11.5.